The van der Waals surface area contributed by atoms with Crippen molar-refractivity contribution in [2.75, 3.05) is 26.2 Å². The van der Waals surface area contributed by atoms with E-state index in [0.29, 0.717) is 31.7 Å². The predicted molar refractivity (Wildman–Crippen MR) is 106 cm³/mol. The topological polar surface area (TPSA) is 69.8 Å². The van der Waals surface area contributed by atoms with E-state index in [1.807, 2.05) is 18.2 Å². The Bertz CT molecular complexity index is 817. The van der Waals surface area contributed by atoms with Gasteiger partial charge in [0.15, 0.2) is 0 Å². The lowest BCUT2D eigenvalue weighted by molar-refractivity contribution is 0.0512. The Morgan fingerprint density at radius 3 is 2.79 bits per heavy atom. The van der Waals surface area contributed by atoms with Gasteiger partial charge in [-0.25, -0.2) is 0 Å². The summed E-state index contributed by atoms with van der Waals surface area (Å²) in [5.74, 6) is 0.425. The number of halogens is 1. The molecule has 0 bridgehead atoms. The standard InChI is InChI=1S/C21H26ClN3O3/c22-18-6-2-1-4-15(18)13-24-9-3-5-16(14-24)19-12-20(28-23-19)21(27)25-10-7-17(26)8-11-25/h1-2,4,6,12,16-17,26H,3,5,7-11,13-14H2/t16-/m1/s1. The predicted octanol–water partition coefficient (Wildman–Crippen LogP) is 3.30. The van der Waals surface area contributed by atoms with Gasteiger partial charge in [-0.15, -0.1) is 0 Å². The van der Waals surface area contributed by atoms with Gasteiger partial charge in [-0.05, 0) is 43.9 Å². The molecule has 2 fully saturated rings. The molecule has 150 valence electrons. The number of rotatable bonds is 4. The third-order valence-corrected chi connectivity index (χ3v) is 6.14. The maximum absolute atomic E-state index is 12.6. The van der Waals surface area contributed by atoms with E-state index in [0.717, 1.165) is 48.8 Å². The van der Waals surface area contributed by atoms with Gasteiger partial charge in [-0.3, -0.25) is 9.69 Å². The van der Waals surface area contributed by atoms with Crippen LogP contribution in [0.5, 0.6) is 0 Å². The second kappa shape index (κ2) is 8.64. The third kappa shape index (κ3) is 4.40. The number of nitrogens with zero attached hydrogens (tertiary/aromatic N) is 3. The van der Waals surface area contributed by atoms with Crippen molar-refractivity contribution >= 4 is 17.5 Å². The van der Waals surface area contributed by atoms with Crippen molar-refractivity contribution in [3.63, 3.8) is 0 Å². The van der Waals surface area contributed by atoms with E-state index in [1.54, 1.807) is 11.0 Å². The fourth-order valence-electron chi connectivity index (χ4n) is 4.11. The van der Waals surface area contributed by atoms with E-state index >= 15 is 0 Å². The summed E-state index contributed by atoms with van der Waals surface area (Å²) >= 11 is 6.31. The molecule has 7 heteroatoms. The summed E-state index contributed by atoms with van der Waals surface area (Å²) in [6.07, 6.45) is 3.05. The first-order valence-electron chi connectivity index (χ1n) is 10.00. The van der Waals surface area contributed by atoms with Gasteiger partial charge >= 0.3 is 0 Å². The Hall–Kier alpha value is -1.89. The summed E-state index contributed by atoms with van der Waals surface area (Å²) < 4.78 is 5.39. The highest BCUT2D eigenvalue weighted by Crippen LogP contribution is 2.29. The number of benzene rings is 1. The number of hydrogen-bond donors (Lipinski definition) is 1. The lowest BCUT2D eigenvalue weighted by Crippen LogP contribution is -2.39. The quantitative estimate of drug-likeness (QED) is 0.848. The number of carbonyl (C=O) groups excluding carboxylic acids is 1. The fraction of sp³-hybridized carbons (Fsp3) is 0.524. The van der Waals surface area contributed by atoms with Crippen LogP contribution in [0.3, 0.4) is 0 Å². The molecule has 1 aromatic heterocycles. The van der Waals surface area contributed by atoms with Crippen molar-refractivity contribution in [2.24, 2.45) is 0 Å². The minimum Gasteiger partial charge on any atom is -0.393 e. The van der Waals surface area contributed by atoms with E-state index in [4.69, 9.17) is 16.1 Å². The highest BCUT2D eigenvalue weighted by Gasteiger charge is 2.28. The molecule has 0 unspecified atom stereocenters. The molecular formula is C21H26ClN3O3. The van der Waals surface area contributed by atoms with Crippen molar-refractivity contribution in [3.8, 4) is 0 Å². The first kappa shape index (κ1) is 19.4. The molecule has 0 saturated carbocycles. The summed E-state index contributed by atoms with van der Waals surface area (Å²) in [6, 6.07) is 9.75. The summed E-state index contributed by atoms with van der Waals surface area (Å²) in [5, 5.41) is 14.6. The van der Waals surface area contributed by atoms with Crippen LogP contribution in [0.4, 0.5) is 0 Å². The third-order valence-electron chi connectivity index (χ3n) is 5.77. The highest BCUT2D eigenvalue weighted by atomic mass is 35.5. The number of aromatic nitrogens is 1. The summed E-state index contributed by atoms with van der Waals surface area (Å²) in [4.78, 5) is 16.8. The van der Waals surface area contributed by atoms with Gasteiger partial charge in [0.05, 0.1) is 11.8 Å². The van der Waals surface area contributed by atoms with E-state index in [1.165, 1.54) is 0 Å². The van der Waals surface area contributed by atoms with Crippen LogP contribution in [0.25, 0.3) is 0 Å². The average molecular weight is 404 g/mol. The first-order valence-corrected chi connectivity index (χ1v) is 10.4. The Kier molecular flexibility index (Phi) is 5.99. The normalized spacial score (nSPS) is 21.8. The van der Waals surface area contributed by atoms with Crippen LogP contribution in [0.1, 0.15) is 53.4 Å². The molecule has 28 heavy (non-hydrogen) atoms. The molecule has 1 aromatic carbocycles. The largest absolute Gasteiger partial charge is 0.393 e. The SMILES string of the molecule is O=C(c1cc([C@@H]2CCCN(Cc3ccccc3Cl)C2)no1)N1CCC(O)CC1. The lowest BCUT2D eigenvalue weighted by Gasteiger charge is -2.31. The van der Waals surface area contributed by atoms with E-state index in [2.05, 4.69) is 16.1 Å². The van der Waals surface area contributed by atoms with Crippen LogP contribution in [0.2, 0.25) is 5.02 Å². The molecule has 2 aliphatic heterocycles. The smallest absolute Gasteiger partial charge is 0.292 e. The van der Waals surface area contributed by atoms with Gasteiger partial charge in [0, 0.05) is 43.2 Å². The van der Waals surface area contributed by atoms with Crippen molar-refractivity contribution < 1.29 is 14.4 Å². The molecular weight excluding hydrogens is 378 g/mol. The minimum absolute atomic E-state index is 0.130. The Morgan fingerprint density at radius 1 is 1.21 bits per heavy atom. The molecule has 4 rings (SSSR count). The van der Waals surface area contributed by atoms with Gasteiger partial charge in [0.25, 0.3) is 5.91 Å². The first-order chi connectivity index (χ1) is 13.6. The van der Waals surface area contributed by atoms with Gasteiger partial charge in [0.2, 0.25) is 5.76 Å². The maximum atomic E-state index is 12.6. The monoisotopic (exact) mass is 403 g/mol. The summed E-state index contributed by atoms with van der Waals surface area (Å²) in [6.45, 7) is 3.84. The zero-order valence-electron chi connectivity index (χ0n) is 15.9. The Labute approximate surface area is 170 Å². The number of aliphatic hydroxyl groups excluding tert-OH is 1. The Morgan fingerprint density at radius 2 is 2.00 bits per heavy atom. The minimum atomic E-state index is -0.305. The number of likely N-dealkylation sites (tertiary alicyclic amines) is 2. The van der Waals surface area contributed by atoms with Crippen LogP contribution < -0.4 is 0 Å². The number of piperidine rings is 2. The van der Waals surface area contributed by atoms with Crippen LogP contribution in [0, 0.1) is 0 Å². The Balaban J connectivity index is 1.39. The molecule has 6 nitrogen and oxygen atoms in total. The number of hydrogen-bond acceptors (Lipinski definition) is 5. The summed E-state index contributed by atoms with van der Waals surface area (Å²) in [5.41, 5.74) is 1.98. The van der Waals surface area contributed by atoms with Crippen LogP contribution >= 0.6 is 11.6 Å². The molecule has 3 heterocycles. The van der Waals surface area contributed by atoms with E-state index in [9.17, 15) is 9.90 Å². The number of amides is 1. The molecule has 2 aromatic rings. The molecule has 0 spiro atoms. The number of aliphatic hydroxyl groups is 1. The van der Waals surface area contributed by atoms with Crippen molar-refractivity contribution in [1.82, 2.24) is 15.0 Å². The molecule has 2 saturated heterocycles. The van der Waals surface area contributed by atoms with E-state index < -0.39 is 0 Å². The molecule has 2 aliphatic rings. The van der Waals surface area contributed by atoms with Crippen molar-refractivity contribution in [3.05, 3.63) is 52.4 Å². The zero-order chi connectivity index (χ0) is 19.5. The van der Waals surface area contributed by atoms with E-state index in [-0.39, 0.29) is 17.9 Å². The number of carbonyl (C=O) groups is 1. The zero-order valence-corrected chi connectivity index (χ0v) is 16.6. The van der Waals surface area contributed by atoms with Crippen LogP contribution in [-0.2, 0) is 6.54 Å². The molecule has 0 radical (unpaired) electrons. The lowest BCUT2D eigenvalue weighted by atomic mass is 9.94. The summed E-state index contributed by atoms with van der Waals surface area (Å²) in [7, 11) is 0. The van der Waals surface area contributed by atoms with Crippen LogP contribution in [-0.4, -0.2) is 58.3 Å². The second-order valence-electron chi connectivity index (χ2n) is 7.81. The molecule has 0 aliphatic carbocycles. The average Bonchev–Trinajstić information content (AvgIpc) is 3.20. The van der Waals surface area contributed by atoms with Gasteiger partial charge in [-0.1, -0.05) is 35.0 Å². The van der Waals surface area contributed by atoms with Gasteiger partial charge in [-0.2, -0.15) is 0 Å². The van der Waals surface area contributed by atoms with Crippen LogP contribution in [0.15, 0.2) is 34.9 Å². The second-order valence-corrected chi connectivity index (χ2v) is 8.21. The van der Waals surface area contributed by atoms with Gasteiger partial charge in [0.1, 0.15) is 0 Å². The highest BCUT2D eigenvalue weighted by molar-refractivity contribution is 6.31. The van der Waals surface area contributed by atoms with Gasteiger partial charge < -0.3 is 14.5 Å². The fourth-order valence-corrected chi connectivity index (χ4v) is 4.31. The maximum Gasteiger partial charge on any atom is 0.292 e. The van der Waals surface area contributed by atoms with Crippen molar-refractivity contribution in [1.29, 1.82) is 0 Å². The molecule has 1 amide bonds. The molecule has 1 atom stereocenters. The van der Waals surface area contributed by atoms with Crippen molar-refractivity contribution in [2.45, 2.75) is 44.2 Å². The molecule has 1 N–H and O–H groups in total.